The number of likely N-dealkylation sites (N-methyl/N-ethyl adjacent to an activating group) is 1. The molecule has 0 amide bonds. The second-order valence-electron chi connectivity index (χ2n) is 5.33. The number of nitrogens with one attached hydrogen (secondary N) is 1. The van der Waals surface area contributed by atoms with Crippen LogP contribution in [-0.4, -0.2) is 30.1 Å². The van der Waals surface area contributed by atoms with Crippen molar-refractivity contribution in [3.63, 3.8) is 0 Å². The minimum atomic E-state index is 0.180. The lowest BCUT2D eigenvalue weighted by atomic mass is 9.83. The van der Waals surface area contributed by atoms with Gasteiger partial charge in [0, 0.05) is 5.54 Å². The Kier molecular flexibility index (Phi) is 7.05. The Morgan fingerprint density at radius 2 is 1.95 bits per heavy atom. The van der Waals surface area contributed by atoms with E-state index in [2.05, 4.69) is 61.7 Å². The molecular weight excluding hydrogens is 252 g/mol. The van der Waals surface area contributed by atoms with E-state index < -0.39 is 0 Å². The van der Waals surface area contributed by atoms with E-state index in [4.69, 9.17) is 0 Å². The zero-order valence-electron chi connectivity index (χ0n) is 13.2. The normalized spacial score (nSPS) is 16.5. The van der Waals surface area contributed by atoms with Crippen LogP contribution < -0.4 is 5.32 Å². The molecule has 0 saturated carbocycles. The first kappa shape index (κ1) is 16.7. The van der Waals surface area contributed by atoms with E-state index in [0.717, 1.165) is 26.1 Å². The Hall–Kier alpha value is -0.380. The Morgan fingerprint density at radius 3 is 2.37 bits per heavy atom. The van der Waals surface area contributed by atoms with Gasteiger partial charge in [-0.15, -0.1) is 0 Å². The molecule has 1 aromatic heterocycles. The quantitative estimate of drug-likeness (QED) is 0.726. The second-order valence-corrected chi connectivity index (χ2v) is 6.11. The first-order valence-electron chi connectivity index (χ1n) is 7.64. The van der Waals surface area contributed by atoms with Gasteiger partial charge < -0.3 is 5.32 Å². The summed E-state index contributed by atoms with van der Waals surface area (Å²) in [7, 11) is 0. The maximum absolute atomic E-state index is 3.78. The van der Waals surface area contributed by atoms with Gasteiger partial charge in [-0.1, -0.05) is 27.7 Å². The average Bonchev–Trinajstić information content (AvgIpc) is 2.94. The molecular formula is C16H30N2S. The first-order chi connectivity index (χ1) is 9.13. The molecule has 1 aromatic rings. The van der Waals surface area contributed by atoms with Gasteiger partial charge in [-0.05, 0) is 61.8 Å². The number of hydrogen-bond acceptors (Lipinski definition) is 3. The van der Waals surface area contributed by atoms with Crippen molar-refractivity contribution in [2.45, 2.75) is 59.0 Å². The molecule has 110 valence electrons. The van der Waals surface area contributed by atoms with Gasteiger partial charge in [0.2, 0.25) is 0 Å². The maximum Gasteiger partial charge on any atom is 0.0512 e. The Balaban J connectivity index is 3.04. The van der Waals surface area contributed by atoms with Crippen LogP contribution in [-0.2, 0) is 0 Å². The Morgan fingerprint density at radius 1 is 1.26 bits per heavy atom. The molecule has 1 N–H and O–H groups in total. The molecule has 3 heteroatoms. The molecule has 0 aliphatic heterocycles. The van der Waals surface area contributed by atoms with E-state index in [0.29, 0.717) is 6.04 Å². The summed E-state index contributed by atoms with van der Waals surface area (Å²) in [5.74, 6) is 0. The minimum Gasteiger partial charge on any atom is -0.308 e. The largest absolute Gasteiger partial charge is 0.308 e. The van der Waals surface area contributed by atoms with E-state index in [9.17, 15) is 0 Å². The van der Waals surface area contributed by atoms with Crippen molar-refractivity contribution in [3.8, 4) is 0 Å². The van der Waals surface area contributed by atoms with Gasteiger partial charge in [0.15, 0.2) is 0 Å². The third kappa shape index (κ3) is 3.80. The van der Waals surface area contributed by atoms with Crippen LogP contribution in [0.15, 0.2) is 16.8 Å². The van der Waals surface area contributed by atoms with Crippen LogP contribution >= 0.6 is 11.3 Å². The molecule has 0 saturated heterocycles. The van der Waals surface area contributed by atoms with Crippen molar-refractivity contribution in [1.29, 1.82) is 0 Å². The predicted octanol–water partition coefficient (Wildman–Crippen LogP) is 4.30. The van der Waals surface area contributed by atoms with Crippen LogP contribution in [0.4, 0.5) is 0 Å². The summed E-state index contributed by atoms with van der Waals surface area (Å²) in [6.45, 7) is 14.8. The van der Waals surface area contributed by atoms with Gasteiger partial charge in [-0.25, -0.2) is 0 Å². The van der Waals surface area contributed by atoms with E-state index in [1.165, 1.54) is 12.0 Å². The lowest BCUT2D eigenvalue weighted by molar-refractivity contribution is 0.0700. The van der Waals surface area contributed by atoms with Crippen molar-refractivity contribution in [2.75, 3.05) is 19.6 Å². The highest BCUT2D eigenvalue weighted by atomic mass is 32.1. The zero-order chi connectivity index (χ0) is 14.3. The molecule has 19 heavy (non-hydrogen) atoms. The molecule has 0 aliphatic carbocycles. The number of thiophene rings is 1. The topological polar surface area (TPSA) is 15.3 Å². The molecule has 1 rings (SSSR count). The van der Waals surface area contributed by atoms with Crippen LogP contribution in [0, 0.1) is 0 Å². The molecule has 2 nitrogen and oxygen atoms in total. The number of rotatable bonds is 9. The summed E-state index contributed by atoms with van der Waals surface area (Å²) < 4.78 is 0. The average molecular weight is 282 g/mol. The summed E-state index contributed by atoms with van der Waals surface area (Å²) in [5.41, 5.74) is 1.62. The summed E-state index contributed by atoms with van der Waals surface area (Å²) in [4.78, 5) is 2.60. The van der Waals surface area contributed by atoms with Crippen LogP contribution in [0.3, 0.4) is 0 Å². The summed E-state index contributed by atoms with van der Waals surface area (Å²) in [6.07, 6.45) is 2.34. The van der Waals surface area contributed by atoms with Crippen molar-refractivity contribution < 1.29 is 0 Å². The molecule has 2 atom stereocenters. The Bertz CT molecular complexity index is 333. The lowest BCUT2D eigenvalue weighted by Gasteiger charge is -2.46. The molecule has 1 heterocycles. The second kappa shape index (κ2) is 8.03. The molecule has 0 aliphatic rings. The predicted molar refractivity (Wildman–Crippen MR) is 87.0 cm³/mol. The van der Waals surface area contributed by atoms with Gasteiger partial charge in [-0.3, -0.25) is 4.90 Å². The fraction of sp³-hybridized carbons (Fsp3) is 0.750. The van der Waals surface area contributed by atoms with Gasteiger partial charge >= 0.3 is 0 Å². The van der Waals surface area contributed by atoms with Crippen LogP contribution in [0.2, 0.25) is 0 Å². The van der Waals surface area contributed by atoms with Gasteiger partial charge in [0.25, 0.3) is 0 Å². The summed E-state index contributed by atoms with van der Waals surface area (Å²) >= 11 is 1.80. The van der Waals surface area contributed by atoms with Crippen molar-refractivity contribution in [1.82, 2.24) is 10.2 Å². The summed E-state index contributed by atoms with van der Waals surface area (Å²) in [5, 5.41) is 8.26. The van der Waals surface area contributed by atoms with Crippen LogP contribution in [0.5, 0.6) is 0 Å². The van der Waals surface area contributed by atoms with Crippen molar-refractivity contribution in [3.05, 3.63) is 22.4 Å². The Labute approximate surface area is 123 Å². The number of nitrogens with zero attached hydrogens (tertiary/aromatic N) is 1. The standard InChI is InChI=1S/C16H30N2S/c1-6-11-17-15(14-10-12-19-13-14)16(5,7-2)18(8-3)9-4/h10,12-13,15,17H,6-9,11H2,1-5H3. The number of hydrogen-bond donors (Lipinski definition) is 1. The highest BCUT2D eigenvalue weighted by Gasteiger charge is 2.37. The van der Waals surface area contributed by atoms with Gasteiger partial charge in [-0.2, -0.15) is 11.3 Å². The van der Waals surface area contributed by atoms with E-state index in [1.54, 1.807) is 11.3 Å². The molecule has 0 fully saturated rings. The first-order valence-corrected chi connectivity index (χ1v) is 8.58. The monoisotopic (exact) mass is 282 g/mol. The molecule has 0 aromatic carbocycles. The highest BCUT2D eigenvalue weighted by molar-refractivity contribution is 7.07. The maximum atomic E-state index is 3.78. The minimum absolute atomic E-state index is 0.180. The van der Waals surface area contributed by atoms with Crippen LogP contribution in [0.1, 0.15) is 59.1 Å². The smallest absolute Gasteiger partial charge is 0.0512 e. The van der Waals surface area contributed by atoms with Crippen molar-refractivity contribution in [2.24, 2.45) is 0 Å². The SMILES string of the molecule is CCCNC(c1ccsc1)C(C)(CC)N(CC)CC. The van der Waals surface area contributed by atoms with Gasteiger partial charge in [0.05, 0.1) is 6.04 Å². The van der Waals surface area contributed by atoms with Gasteiger partial charge in [0.1, 0.15) is 0 Å². The third-order valence-corrected chi connectivity index (χ3v) is 5.00. The summed E-state index contributed by atoms with van der Waals surface area (Å²) in [6, 6.07) is 2.69. The lowest BCUT2D eigenvalue weighted by Crippen LogP contribution is -2.54. The zero-order valence-corrected chi connectivity index (χ0v) is 14.0. The fourth-order valence-corrected chi connectivity index (χ4v) is 3.67. The van der Waals surface area contributed by atoms with E-state index in [-0.39, 0.29) is 5.54 Å². The van der Waals surface area contributed by atoms with Crippen molar-refractivity contribution >= 4 is 11.3 Å². The third-order valence-electron chi connectivity index (χ3n) is 4.30. The molecule has 0 spiro atoms. The fourth-order valence-electron chi connectivity index (χ4n) is 2.98. The molecule has 0 radical (unpaired) electrons. The van der Waals surface area contributed by atoms with E-state index in [1.807, 2.05) is 0 Å². The van der Waals surface area contributed by atoms with E-state index >= 15 is 0 Å². The molecule has 0 bridgehead atoms. The highest BCUT2D eigenvalue weighted by Crippen LogP contribution is 2.35. The van der Waals surface area contributed by atoms with Crippen LogP contribution in [0.25, 0.3) is 0 Å². The molecule has 2 unspecified atom stereocenters.